The third-order valence-electron chi connectivity index (χ3n) is 6.61. The molecular formula is C28H35N4O10P. The van der Waals surface area contributed by atoms with Gasteiger partial charge < -0.3 is 24.2 Å². The number of esters is 1. The highest BCUT2D eigenvalue weighted by molar-refractivity contribution is 7.52. The maximum absolute atomic E-state index is 14.3. The minimum atomic E-state index is -4.52. The summed E-state index contributed by atoms with van der Waals surface area (Å²) in [4.78, 5) is 43.0. The molecule has 232 valence electrons. The summed E-state index contributed by atoms with van der Waals surface area (Å²) in [6.45, 7) is 10.5. The van der Waals surface area contributed by atoms with Crippen molar-refractivity contribution < 1.29 is 38.1 Å². The Labute approximate surface area is 246 Å². The summed E-state index contributed by atoms with van der Waals surface area (Å²) in [6.07, 6.45) is -3.95. The monoisotopic (exact) mass is 618 g/mol. The summed E-state index contributed by atoms with van der Waals surface area (Å²) >= 11 is 0. The quantitative estimate of drug-likeness (QED) is 0.148. The maximum atomic E-state index is 14.3. The highest BCUT2D eigenvalue weighted by Gasteiger charge is 2.56. The largest absolute Gasteiger partial charge is 0.459 e. The van der Waals surface area contributed by atoms with Crippen LogP contribution in [-0.4, -0.2) is 68.6 Å². The van der Waals surface area contributed by atoms with Crippen LogP contribution in [0.25, 0.3) is 10.8 Å². The Bertz CT molecular complexity index is 1680. The number of hydrogen-bond donors (Lipinski definition) is 4. The number of aromatic amines is 1. The number of nitrogens with zero attached hydrogens (tertiary/aromatic N) is 2. The number of aryl methyl sites for hydroxylation is 1. The van der Waals surface area contributed by atoms with E-state index in [1.807, 2.05) is 18.2 Å². The fourth-order valence-corrected chi connectivity index (χ4v) is 5.95. The summed E-state index contributed by atoms with van der Waals surface area (Å²) in [5.74, 6) is -0.582. The van der Waals surface area contributed by atoms with E-state index in [4.69, 9.17) is 18.5 Å². The SMILES string of the molecule is C=N[C@]1(COP(=O)(N[C@@H](C)C(=O)OC(C)(C)C)Oc2cccc3ccccc23)O[C@@H](n2cc(C)c(=O)[nH]c2=O)[C@H](O)[C@@H]1O. The lowest BCUT2D eigenvalue weighted by molar-refractivity contribution is -0.156. The van der Waals surface area contributed by atoms with Gasteiger partial charge in [-0.1, -0.05) is 36.4 Å². The molecule has 14 nitrogen and oxygen atoms in total. The van der Waals surface area contributed by atoms with Crippen molar-refractivity contribution in [1.29, 1.82) is 0 Å². The van der Waals surface area contributed by atoms with Gasteiger partial charge in [0.15, 0.2) is 6.23 Å². The van der Waals surface area contributed by atoms with Crippen LogP contribution >= 0.6 is 7.75 Å². The molecule has 2 aromatic carbocycles. The summed E-state index contributed by atoms with van der Waals surface area (Å²) < 4.78 is 38.0. The van der Waals surface area contributed by atoms with E-state index in [9.17, 15) is 29.2 Å². The van der Waals surface area contributed by atoms with Gasteiger partial charge in [-0.3, -0.25) is 28.7 Å². The molecule has 6 atom stereocenters. The average Bonchev–Trinajstić information content (AvgIpc) is 3.19. The van der Waals surface area contributed by atoms with E-state index in [2.05, 4.69) is 21.8 Å². The number of H-pyrrole nitrogens is 1. The van der Waals surface area contributed by atoms with Crippen LogP contribution in [0.2, 0.25) is 0 Å². The molecule has 1 aliphatic rings. The predicted molar refractivity (Wildman–Crippen MR) is 157 cm³/mol. The highest BCUT2D eigenvalue weighted by atomic mass is 31.2. The smallest absolute Gasteiger partial charge is 0.459 e. The molecule has 1 aromatic heterocycles. The van der Waals surface area contributed by atoms with Crippen molar-refractivity contribution in [2.45, 2.75) is 70.4 Å². The molecule has 15 heteroatoms. The van der Waals surface area contributed by atoms with Gasteiger partial charge in [-0.2, -0.15) is 5.09 Å². The molecule has 0 radical (unpaired) electrons. The third kappa shape index (κ3) is 6.96. The zero-order valence-electron chi connectivity index (χ0n) is 24.3. The molecule has 1 saturated heterocycles. The number of aliphatic hydroxyl groups is 2. The first-order chi connectivity index (χ1) is 20.1. The first-order valence-corrected chi connectivity index (χ1v) is 14.9. The average molecular weight is 619 g/mol. The summed E-state index contributed by atoms with van der Waals surface area (Å²) in [5, 5.41) is 25.7. The minimum absolute atomic E-state index is 0.138. The number of nitrogens with one attached hydrogen (secondary N) is 2. The van der Waals surface area contributed by atoms with Crippen molar-refractivity contribution in [3.63, 3.8) is 0 Å². The minimum Gasteiger partial charge on any atom is -0.459 e. The number of hydrogen-bond acceptors (Lipinski definition) is 11. The van der Waals surface area contributed by atoms with Crippen molar-refractivity contribution in [2.24, 2.45) is 4.99 Å². The molecule has 2 heterocycles. The Morgan fingerprint density at radius 2 is 1.91 bits per heavy atom. The van der Waals surface area contributed by atoms with Crippen LogP contribution in [0, 0.1) is 6.92 Å². The topological polar surface area (TPSA) is 191 Å². The van der Waals surface area contributed by atoms with Gasteiger partial charge in [0.05, 0.1) is 0 Å². The van der Waals surface area contributed by atoms with Crippen LogP contribution in [0.4, 0.5) is 0 Å². The summed E-state index contributed by atoms with van der Waals surface area (Å²) in [6, 6.07) is 11.0. The van der Waals surface area contributed by atoms with Gasteiger partial charge in [0, 0.05) is 17.1 Å². The maximum Gasteiger partial charge on any atom is 0.459 e. The highest BCUT2D eigenvalue weighted by Crippen LogP contribution is 2.49. The lowest BCUT2D eigenvalue weighted by atomic mass is 10.1. The summed E-state index contributed by atoms with van der Waals surface area (Å²) in [5.41, 5.74) is -4.40. The van der Waals surface area contributed by atoms with Crippen LogP contribution < -0.4 is 20.9 Å². The van der Waals surface area contributed by atoms with Gasteiger partial charge in [-0.15, -0.1) is 0 Å². The first kappa shape index (κ1) is 32.3. The Morgan fingerprint density at radius 3 is 2.58 bits per heavy atom. The zero-order valence-corrected chi connectivity index (χ0v) is 25.2. The van der Waals surface area contributed by atoms with Crippen LogP contribution in [0.15, 0.2) is 63.2 Å². The lowest BCUT2D eigenvalue weighted by Gasteiger charge is -2.30. The van der Waals surface area contributed by atoms with Crippen LogP contribution in [0.1, 0.15) is 39.5 Å². The molecule has 0 amide bonds. The number of aromatic nitrogens is 2. The second kappa shape index (κ2) is 12.2. The van der Waals surface area contributed by atoms with Crippen molar-refractivity contribution in [2.75, 3.05) is 6.61 Å². The first-order valence-electron chi connectivity index (χ1n) is 13.3. The molecule has 0 bridgehead atoms. The molecule has 4 N–H and O–H groups in total. The Kier molecular flexibility index (Phi) is 9.12. The normalized spacial score (nSPS) is 24.3. The molecular weight excluding hydrogens is 583 g/mol. The second-order valence-electron chi connectivity index (χ2n) is 11.1. The van der Waals surface area contributed by atoms with E-state index >= 15 is 0 Å². The molecule has 1 unspecified atom stereocenters. The van der Waals surface area contributed by atoms with E-state index in [-0.39, 0.29) is 11.3 Å². The number of aliphatic imine (C=N–C) groups is 1. The van der Waals surface area contributed by atoms with E-state index in [0.717, 1.165) is 16.2 Å². The van der Waals surface area contributed by atoms with Crippen molar-refractivity contribution in [3.8, 4) is 5.75 Å². The van der Waals surface area contributed by atoms with Gasteiger partial charge in [0.25, 0.3) is 5.56 Å². The van der Waals surface area contributed by atoms with Crippen LogP contribution in [0.5, 0.6) is 5.75 Å². The van der Waals surface area contributed by atoms with Crippen LogP contribution in [-0.2, 0) is 23.4 Å². The standard InChI is InChI=1S/C28H35N4O10P/c1-16-14-32(26(37)30-23(16)35)24-21(33)22(34)28(29-6,40-24)15-39-43(38,31-17(2)25(36)41-27(3,4)5)42-20-13-9-11-18-10-7-8-12-19(18)20/h7-14,17,21-22,24,33-34H,6,15H2,1-5H3,(H,31,38)(H,30,35,37)/t17-,21+,22-,24+,28+,43?/m0/s1. The van der Waals surface area contributed by atoms with E-state index in [1.54, 1.807) is 45.0 Å². The van der Waals surface area contributed by atoms with Gasteiger partial charge in [0.2, 0.25) is 5.72 Å². The molecule has 1 fully saturated rings. The number of benzene rings is 2. The van der Waals surface area contributed by atoms with E-state index in [1.165, 1.54) is 13.8 Å². The van der Waals surface area contributed by atoms with Crippen molar-refractivity contribution in [1.82, 2.24) is 14.6 Å². The fraction of sp³-hybridized carbons (Fsp3) is 0.429. The number of fused-ring (bicyclic) bond motifs is 1. The van der Waals surface area contributed by atoms with Gasteiger partial charge in [-0.05, 0) is 52.8 Å². The van der Waals surface area contributed by atoms with Crippen molar-refractivity contribution in [3.05, 3.63) is 75.1 Å². The third-order valence-corrected chi connectivity index (χ3v) is 8.22. The Hall–Kier alpha value is -3.65. The number of carbonyl (C=O) groups excluding carboxylic acids is 1. The Balaban J connectivity index is 1.66. The molecule has 0 spiro atoms. The molecule has 43 heavy (non-hydrogen) atoms. The summed E-state index contributed by atoms with van der Waals surface area (Å²) in [7, 11) is -4.52. The zero-order chi connectivity index (χ0) is 31.7. The number of ether oxygens (including phenoxy) is 2. The van der Waals surface area contributed by atoms with Gasteiger partial charge in [0.1, 0.15) is 36.2 Å². The number of rotatable bonds is 10. The van der Waals surface area contributed by atoms with E-state index < -0.39 is 67.4 Å². The molecule has 3 aromatic rings. The molecule has 0 saturated carbocycles. The van der Waals surface area contributed by atoms with Crippen molar-refractivity contribution >= 4 is 31.2 Å². The van der Waals surface area contributed by atoms with Gasteiger partial charge in [-0.25, -0.2) is 9.36 Å². The molecule has 4 rings (SSSR count). The van der Waals surface area contributed by atoms with Gasteiger partial charge >= 0.3 is 19.4 Å². The number of aliphatic hydroxyl groups excluding tert-OH is 2. The second-order valence-corrected chi connectivity index (χ2v) is 12.8. The molecule has 0 aliphatic carbocycles. The lowest BCUT2D eigenvalue weighted by Crippen LogP contribution is -2.46. The fourth-order valence-electron chi connectivity index (χ4n) is 4.42. The molecule has 1 aliphatic heterocycles. The van der Waals surface area contributed by atoms with E-state index in [0.29, 0.717) is 5.39 Å². The van der Waals surface area contributed by atoms with Crippen LogP contribution in [0.3, 0.4) is 0 Å². The number of carbonyl (C=O) groups is 1. The Morgan fingerprint density at radius 1 is 1.23 bits per heavy atom. The predicted octanol–water partition coefficient (Wildman–Crippen LogP) is 2.17.